The van der Waals surface area contributed by atoms with E-state index in [0.29, 0.717) is 71.7 Å². The van der Waals surface area contributed by atoms with Crippen molar-refractivity contribution >= 4 is 104 Å². The zero-order valence-electron chi connectivity index (χ0n) is 48.8. The molecule has 20 nitrogen and oxygen atoms in total. The number of carbonyl (C=O) groups excluding carboxylic acids is 4. The molecule has 4 saturated carbocycles. The number of amides is 4. The lowest BCUT2D eigenvalue weighted by Gasteiger charge is -2.08. The molecule has 4 fully saturated rings. The number of carbonyl (C=O) groups is 4. The summed E-state index contributed by atoms with van der Waals surface area (Å²) in [5, 5.41) is 29.9. The molecule has 16 rings (SSSR count). The molecule has 4 N–H and O–H groups in total. The van der Waals surface area contributed by atoms with Crippen molar-refractivity contribution in [3.63, 3.8) is 0 Å². The van der Waals surface area contributed by atoms with Gasteiger partial charge in [-0.1, -0.05) is 76.2 Å². The number of imidazole rings is 4. The molecular formula is C65H50Cl5F3N16O4. The smallest absolute Gasteiger partial charge is 0.272 e. The summed E-state index contributed by atoms with van der Waals surface area (Å²) < 4.78 is 48.3. The summed E-state index contributed by atoms with van der Waals surface area (Å²) >= 11 is 29.5. The van der Waals surface area contributed by atoms with E-state index in [0.717, 1.165) is 80.2 Å². The maximum atomic E-state index is 14.4. The zero-order valence-corrected chi connectivity index (χ0v) is 52.5. The van der Waals surface area contributed by atoms with Crippen molar-refractivity contribution in [1.82, 2.24) is 79.7 Å². The topological polar surface area (TPSA) is 237 Å². The second kappa shape index (κ2) is 26.2. The van der Waals surface area contributed by atoms with Crippen LogP contribution < -0.4 is 21.3 Å². The van der Waals surface area contributed by atoms with Gasteiger partial charge in [0.1, 0.15) is 40.2 Å². The van der Waals surface area contributed by atoms with Crippen LogP contribution in [0.25, 0.3) is 67.6 Å². The summed E-state index contributed by atoms with van der Waals surface area (Å²) in [6.45, 7) is 1.96. The van der Waals surface area contributed by atoms with E-state index in [4.69, 9.17) is 58.0 Å². The molecule has 4 aliphatic carbocycles. The van der Waals surface area contributed by atoms with E-state index in [1.54, 1.807) is 82.2 Å². The van der Waals surface area contributed by atoms with Gasteiger partial charge in [0.15, 0.2) is 45.4 Å². The summed E-state index contributed by atoms with van der Waals surface area (Å²) in [6, 6.07) is 31.9. The number of hydrogen-bond acceptors (Lipinski definition) is 12. The molecular weight excluding hydrogens is 1300 g/mol. The van der Waals surface area contributed by atoms with Crippen molar-refractivity contribution < 1.29 is 32.3 Å². The van der Waals surface area contributed by atoms with E-state index in [1.165, 1.54) is 27.4 Å². The van der Waals surface area contributed by atoms with E-state index in [-0.39, 0.29) is 74.6 Å². The molecule has 4 aromatic carbocycles. The fourth-order valence-corrected chi connectivity index (χ4v) is 10.8. The van der Waals surface area contributed by atoms with E-state index in [9.17, 15) is 32.3 Å². The standard InChI is InChI=1S/C17H15ClN4O.C16H12Cl2N4O.C16H11ClF2N4O.C16H12ClFN4O/c1-10-9-11(18)4-7-13(10)16-15(17(23)20-12-5-6-12)21-14-3-2-8-19-22(14)16;17-11-6-3-9(8-12(11)18)15-14(16(23)20-10-4-5-10)21-13-2-1-7-19-22(13)15;17-10-7-11(18)9(6-12(10)19)15-14(16(24)21-8-3-4-8)22-13-2-1-5-20-23(13)15;17-11-6-3-9(8-12(11)18)15-14(16(23)20-10-4-5-10)21-13-2-1-7-19-22(13)15/h2-4,7-9,12H,5-6H2,1H3,(H,20,23);1-3,6-8,10H,4-5H2,(H,20,23);1-2,5-8H,3-4H2,(H,21,24);1-3,6-8,10H,4-5H2,(H,20,23). The minimum absolute atomic E-state index is 0.00113. The van der Waals surface area contributed by atoms with Crippen LogP contribution in [0.3, 0.4) is 0 Å². The van der Waals surface area contributed by atoms with Gasteiger partial charge in [-0.15, -0.1) is 0 Å². The zero-order chi connectivity index (χ0) is 64.8. The SMILES string of the molecule is Cc1cc(Cl)ccc1-c1c(C(=O)NC2CC2)nc2cccnn12.O=C(NC1CC1)c1nc2cccnn2c1-c1cc(F)c(Cl)cc1F.O=C(NC1CC1)c1nc2cccnn2c1-c1ccc(Cl)c(Cl)c1.O=C(NC1CC1)c1nc2cccnn2c1-c1ccc(Cl)c(F)c1. The molecule has 4 aliphatic rings. The lowest BCUT2D eigenvalue weighted by Crippen LogP contribution is -2.26. The quantitative estimate of drug-likeness (QED) is 0.0836. The Kier molecular flexibility index (Phi) is 17.6. The van der Waals surface area contributed by atoms with Gasteiger partial charge in [0.05, 0.1) is 20.1 Å². The Morgan fingerprint density at radius 2 is 0.753 bits per heavy atom. The molecule has 0 saturated heterocycles. The van der Waals surface area contributed by atoms with Crippen molar-refractivity contribution in [2.24, 2.45) is 0 Å². The van der Waals surface area contributed by atoms with Crippen LogP contribution in [0.5, 0.6) is 0 Å². The Morgan fingerprint density at radius 1 is 0.387 bits per heavy atom. The van der Waals surface area contributed by atoms with Gasteiger partial charge in [0, 0.05) is 76.2 Å². The molecule has 12 aromatic rings. The average Bonchev–Trinajstić information content (AvgIpc) is 1.54. The summed E-state index contributed by atoms with van der Waals surface area (Å²) in [7, 11) is 0. The Balaban J connectivity index is 0.000000113. The monoisotopic (exact) mass is 1350 g/mol. The van der Waals surface area contributed by atoms with E-state index in [1.807, 2.05) is 43.3 Å². The average molecular weight is 1350 g/mol. The Labute approximate surface area is 551 Å². The van der Waals surface area contributed by atoms with Gasteiger partial charge in [0.2, 0.25) is 0 Å². The largest absolute Gasteiger partial charge is 0.348 e. The highest BCUT2D eigenvalue weighted by molar-refractivity contribution is 6.42. The highest BCUT2D eigenvalue weighted by atomic mass is 35.5. The number of fused-ring (bicyclic) bond motifs is 4. The molecule has 0 radical (unpaired) electrons. The summed E-state index contributed by atoms with van der Waals surface area (Å²) in [5.74, 6) is -3.15. The molecule has 28 heteroatoms. The third kappa shape index (κ3) is 13.7. The second-order valence-electron chi connectivity index (χ2n) is 22.4. The van der Waals surface area contributed by atoms with Crippen molar-refractivity contribution in [1.29, 1.82) is 0 Å². The number of aryl methyl sites for hydroxylation is 1. The number of aromatic nitrogens is 12. The van der Waals surface area contributed by atoms with Gasteiger partial charge < -0.3 is 21.3 Å². The molecule has 470 valence electrons. The van der Waals surface area contributed by atoms with E-state index >= 15 is 0 Å². The first-order chi connectivity index (χ1) is 44.9. The Hall–Kier alpha value is -9.52. The van der Waals surface area contributed by atoms with Crippen molar-refractivity contribution in [2.45, 2.75) is 82.5 Å². The van der Waals surface area contributed by atoms with Crippen molar-refractivity contribution in [3.05, 3.63) is 211 Å². The van der Waals surface area contributed by atoms with E-state index < -0.39 is 23.4 Å². The Morgan fingerprint density at radius 3 is 1.14 bits per heavy atom. The predicted molar refractivity (Wildman–Crippen MR) is 345 cm³/mol. The van der Waals surface area contributed by atoms with Crippen molar-refractivity contribution in [2.75, 3.05) is 0 Å². The lowest BCUT2D eigenvalue weighted by molar-refractivity contribution is 0.0939. The minimum Gasteiger partial charge on any atom is -0.348 e. The minimum atomic E-state index is -0.785. The van der Waals surface area contributed by atoms with Gasteiger partial charge >= 0.3 is 0 Å². The van der Waals surface area contributed by atoms with Crippen LogP contribution in [0.15, 0.2) is 140 Å². The third-order valence-corrected chi connectivity index (χ3v) is 16.7. The van der Waals surface area contributed by atoms with Crippen LogP contribution in [0, 0.1) is 24.4 Å². The number of halogens is 8. The summed E-state index contributed by atoms with van der Waals surface area (Å²) in [5.41, 5.74) is 7.99. The molecule has 0 atom stereocenters. The summed E-state index contributed by atoms with van der Waals surface area (Å²) in [6.07, 6.45) is 14.2. The molecule has 8 heterocycles. The van der Waals surface area contributed by atoms with Gasteiger partial charge in [-0.05, 0) is 161 Å². The molecule has 4 amide bonds. The molecule has 8 aromatic heterocycles. The molecule has 93 heavy (non-hydrogen) atoms. The third-order valence-electron chi connectivity index (χ3n) is 15.2. The first kappa shape index (κ1) is 62.3. The number of nitrogens with zero attached hydrogens (tertiary/aromatic N) is 12. The fourth-order valence-electron chi connectivity index (χ4n) is 10.00. The maximum Gasteiger partial charge on any atom is 0.272 e. The van der Waals surface area contributed by atoms with Gasteiger partial charge in [-0.2, -0.15) is 20.4 Å². The van der Waals surface area contributed by atoms with Crippen LogP contribution in [0.4, 0.5) is 13.2 Å². The van der Waals surface area contributed by atoms with Crippen LogP contribution >= 0.6 is 58.0 Å². The molecule has 0 aliphatic heterocycles. The normalized spacial score (nSPS) is 14.2. The second-order valence-corrected chi connectivity index (χ2v) is 24.4. The number of hydrogen-bond donors (Lipinski definition) is 4. The number of benzene rings is 4. The van der Waals surface area contributed by atoms with Gasteiger partial charge in [0.25, 0.3) is 23.6 Å². The van der Waals surface area contributed by atoms with Gasteiger partial charge in [-0.25, -0.2) is 51.2 Å². The highest BCUT2D eigenvalue weighted by Crippen LogP contribution is 2.36. The van der Waals surface area contributed by atoms with E-state index in [2.05, 4.69) is 61.6 Å². The van der Waals surface area contributed by atoms with Crippen LogP contribution in [0.2, 0.25) is 25.1 Å². The highest BCUT2D eigenvalue weighted by Gasteiger charge is 2.33. The van der Waals surface area contributed by atoms with Crippen LogP contribution in [-0.2, 0) is 0 Å². The van der Waals surface area contributed by atoms with Crippen LogP contribution in [0.1, 0.15) is 98.9 Å². The van der Waals surface area contributed by atoms with Crippen molar-refractivity contribution in [3.8, 4) is 45.0 Å². The lowest BCUT2D eigenvalue weighted by atomic mass is 10.0. The maximum absolute atomic E-state index is 14.4. The molecule has 0 spiro atoms. The Bertz CT molecular complexity index is 4800. The fraction of sp³-hybridized carbons (Fsp3) is 0.200. The van der Waals surface area contributed by atoms with Gasteiger partial charge in [-0.3, -0.25) is 19.2 Å². The predicted octanol–water partition coefficient (Wildman–Crippen LogP) is 13.1. The molecule has 0 bridgehead atoms. The number of nitrogens with one attached hydrogen (secondary N) is 4. The number of rotatable bonds is 12. The first-order valence-corrected chi connectivity index (χ1v) is 31.2. The first-order valence-electron chi connectivity index (χ1n) is 29.3. The summed E-state index contributed by atoms with van der Waals surface area (Å²) in [4.78, 5) is 67.6. The molecule has 0 unspecified atom stereocenters. The van der Waals surface area contributed by atoms with Crippen LogP contribution in [-0.4, -0.2) is 106 Å².